The van der Waals surface area contributed by atoms with E-state index >= 15 is 0 Å². The highest BCUT2D eigenvalue weighted by Crippen LogP contribution is 2.17. The molecule has 8 heteroatoms. The maximum Gasteiger partial charge on any atom is 0.237 e. The summed E-state index contributed by atoms with van der Waals surface area (Å²) in [4.78, 5) is 31.2. The van der Waals surface area contributed by atoms with E-state index in [-0.39, 0.29) is 18.2 Å². The second-order valence-corrected chi connectivity index (χ2v) is 6.96. The molecule has 1 fully saturated rings. The quantitative estimate of drug-likeness (QED) is 0.664. The minimum absolute atomic E-state index is 0.104. The number of aryl methyl sites for hydroxylation is 1. The first kappa shape index (κ1) is 20.9. The molecule has 2 amide bonds. The van der Waals surface area contributed by atoms with Crippen molar-refractivity contribution in [3.05, 3.63) is 48.0 Å². The molecule has 156 valence electrons. The number of ether oxygens (including phenoxy) is 1. The Morgan fingerprint density at radius 2 is 2.10 bits per heavy atom. The molecule has 1 atom stereocenters. The van der Waals surface area contributed by atoms with Gasteiger partial charge in [0.15, 0.2) is 0 Å². The number of nitrogens with one attached hydrogen (secondary N) is 2. The van der Waals surface area contributed by atoms with Crippen LogP contribution in [0, 0.1) is 0 Å². The number of rotatable bonds is 9. The molecule has 1 aromatic carbocycles. The lowest BCUT2D eigenvalue weighted by atomic mass is 10.1. The lowest BCUT2D eigenvalue weighted by Gasteiger charge is -2.34. The monoisotopic (exact) mass is 399 g/mol. The number of hydrogen-bond acceptors (Lipinski definition) is 5. The topological polar surface area (TPSA) is 88.5 Å². The highest BCUT2D eigenvalue weighted by atomic mass is 16.5. The molecular weight excluding hydrogens is 370 g/mol. The minimum atomic E-state index is -0.485. The molecule has 1 aromatic heterocycles. The van der Waals surface area contributed by atoms with Crippen LogP contribution >= 0.6 is 0 Å². The van der Waals surface area contributed by atoms with Gasteiger partial charge in [0, 0.05) is 38.6 Å². The fourth-order valence-electron chi connectivity index (χ4n) is 3.49. The summed E-state index contributed by atoms with van der Waals surface area (Å²) < 4.78 is 7.46. The summed E-state index contributed by atoms with van der Waals surface area (Å²) in [6, 6.07) is 7.38. The summed E-state index contributed by atoms with van der Waals surface area (Å²) in [6.45, 7) is 7.65. The van der Waals surface area contributed by atoms with Crippen LogP contribution in [0.15, 0.2) is 36.7 Å². The lowest BCUT2D eigenvalue weighted by molar-refractivity contribution is -0.134. The van der Waals surface area contributed by atoms with Gasteiger partial charge in [-0.15, -0.1) is 0 Å². The summed E-state index contributed by atoms with van der Waals surface area (Å²) in [7, 11) is 0. The molecule has 0 bridgehead atoms. The minimum Gasteiger partial charge on any atom is -0.494 e. The van der Waals surface area contributed by atoms with Gasteiger partial charge >= 0.3 is 0 Å². The Labute approximate surface area is 171 Å². The molecule has 2 heterocycles. The summed E-state index contributed by atoms with van der Waals surface area (Å²) in [6.07, 6.45) is 3.72. The number of imidazole rings is 1. The van der Waals surface area contributed by atoms with Crippen LogP contribution in [0.25, 0.3) is 0 Å². The number of hydrogen-bond donors (Lipinski definition) is 2. The fourth-order valence-corrected chi connectivity index (χ4v) is 3.49. The molecule has 3 rings (SSSR count). The van der Waals surface area contributed by atoms with Crippen LogP contribution in [0.2, 0.25) is 0 Å². The molecule has 1 unspecified atom stereocenters. The Morgan fingerprint density at radius 3 is 2.83 bits per heavy atom. The third kappa shape index (κ3) is 5.57. The average Bonchev–Trinajstić information content (AvgIpc) is 3.18. The third-order valence-corrected chi connectivity index (χ3v) is 5.03. The zero-order valence-electron chi connectivity index (χ0n) is 17.1. The molecule has 8 nitrogen and oxygen atoms in total. The maximum atomic E-state index is 12.5. The first-order chi connectivity index (χ1) is 14.1. The van der Waals surface area contributed by atoms with Crippen molar-refractivity contribution >= 4 is 11.8 Å². The number of benzene rings is 1. The molecule has 2 N–H and O–H groups in total. The standard InChI is InChI=1S/C21H29N5O3/c1-3-25-11-9-22-19(25)14-24-20(27)13-18-21(28)23-10-12-26(18)15-16-5-7-17(8-6-16)29-4-2/h5-9,11,18H,3-4,10,12-15H2,1-2H3,(H,23,28)(H,24,27). The van der Waals surface area contributed by atoms with Crippen LogP contribution < -0.4 is 15.4 Å². The Morgan fingerprint density at radius 1 is 1.31 bits per heavy atom. The van der Waals surface area contributed by atoms with Crippen molar-refractivity contribution in [2.45, 2.75) is 45.9 Å². The number of carbonyl (C=O) groups excluding carboxylic acids is 2. The smallest absolute Gasteiger partial charge is 0.237 e. The van der Waals surface area contributed by atoms with Crippen LogP contribution in [0.3, 0.4) is 0 Å². The van der Waals surface area contributed by atoms with Crippen LogP contribution in [-0.2, 0) is 29.2 Å². The van der Waals surface area contributed by atoms with Gasteiger partial charge in [-0.1, -0.05) is 12.1 Å². The molecule has 0 aliphatic carbocycles. The van der Waals surface area contributed by atoms with Crippen molar-refractivity contribution in [3.63, 3.8) is 0 Å². The lowest BCUT2D eigenvalue weighted by Crippen LogP contribution is -2.56. The molecule has 0 radical (unpaired) electrons. The SMILES string of the molecule is CCOc1ccc(CN2CCNC(=O)C2CC(=O)NCc2nccn2CC)cc1. The summed E-state index contributed by atoms with van der Waals surface area (Å²) >= 11 is 0. The van der Waals surface area contributed by atoms with Gasteiger partial charge in [0.25, 0.3) is 0 Å². The van der Waals surface area contributed by atoms with Crippen molar-refractivity contribution < 1.29 is 14.3 Å². The van der Waals surface area contributed by atoms with Gasteiger partial charge in [-0.25, -0.2) is 4.98 Å². The van der Waals surface area contributed by atoms with Gasteiger partial charge in [-0.3, -0.25) is 14.5 Å². The Bertz CT molecular complexity index is 818. The van der Waals surface area contributed by atoms with Crippen molar-refractivity contribution in [2.24, 2.45) is 0 Å². The summed E-state index contributed by atoms with van der Waals surface area (Å²) in [5, 5.41) is 5.76. The van der Waals surface area contributed by atoms with E-state index in [1.807, 2.05) is 48.9 Å². The van der Waals surface area contributed by atoms with E-state index in [9.17, 15) is 9.59 Å². The average molecular weight is 399 g/mol. The number of amides is 2. The highest BCUT2D eigenvalue weighted by Gasteiger charge is 2.31. The predicted molar refractivity (Wildman–Crippen MR) is 109 cm³/mol. The molecule has 0 spiro atoms. The molecule has 1 aliphatic heterocycles. The van der Waals surface area contributed by atoms with E-state index in [1.165, 1.54) is 0 Å². The molecule has 0 saturated carbocycles. The Kier molecular flexibility index (Phi) is 7.24. The van der Waals surface area contributed by atoms with E-state index in [1.54, 1.807) is 6.20 Å². The third-order valence-electron chi connectivity index (χ3n) is 5.03. The molecule has 29 heavy (non-hydrogen) atoms. The van der Waals surface area contributed by atoms with Crippen LogP contribution in [0.5, 0.6) is 5.75 Å². The van der Waals surface area contributed by atoms with Gasteiger partial charge in [0.05, 0.1) is 25.6 Å². The van der Waals surface area contributed by atoms with E-state index in [0.717, 1.165) is 23.7 Å². The fraction of sp³-hybridized carbons (Fsp3) is 0.476. The van der Waals surface area contributed by atoms with E-state index in [2.05, 4.69) is 20.5 Å². The zero-order chi connectivity index (χ0) is 20.6. The largest absolute Gasteiger partial charge is 0.494 e. The Balaban J connectivity index is 1.58. The molecular formula is C21H29N5O3. The molecule has 1 aliphatic rings. The second kappa shape index (κ2) is 10.1. The number of piperazine rings is 1. The van der Waals surface area contributed by atoms with E-state index in [4.69, 9.17) is 4.74 Å². The molecule has 1 saturated heterocycles. The van der Waals surface area contributed by atoms with Crippen molar-refractivity contribution in [1.29, 1.82) is 0 Å². The Hall–Kier alpha value is -2.87. The molecule has 2 aromatic rings. The van der Waals surface area contributed by atoms with Crippen molar-refractivity contribution in [3.8, 4) is 5.75 Å². The van der Waals surface area contributed by atoms with Gasteiger partial charge in [0.2, 0.25) is 11.8 Å². The zero-order valence-corrected chi connectivity index (χ0v) is 17.1. The summed E-state index contributed by atoms with van der Waals surface area (Å²) in [5.74, 6) is 1.37. The summed E-state index contributed by atoms with van der Waals surface area (Å²) in [5.41, 5.74) is 1.08. The van der Waals surface area contributed by atoms with Gasteiger partial charge < -0.3 is 19.9 Å². The van der Waals surface area contributed by atoms with Gasteiger partial charge in [-0.05, 0) is 31.5 Å². The first-order valence-electron chi connectivity index (χ1n) is 10.1. The van der Waals surface area contributed by atoms with Crippen molar-refractivity contribution in [1.82, 2.24) is 25.1 Å². The first-order valence-corrected chi connectivity index (χ1v) is 10.1. The number of nitrogens with zero attached hydrogens (tertiary/aromatic N) is 3. The van der Waals surface area contributed by atoms with Crippen molar-refractivity contribution in [2.75, 3.05) is 19.7 Å². The number of carbonyl (C=O) groups is 2. The van der Waals surface area contributed by atoms with Gasteiger partial charge in [-0.2, -0.15) is 0 Å². The van der Waals surface area contributed by atoms with Crippen LogP contribution in [0.4, 0.5) is 0 Å². The highest BCUT2D eigenvalue weighted by molar-refractivity contribution is 5.88. The van der Waals surface area contributed by atoms with E-state index < -0.39 is 6.04 Å². The number of aromatic nitrogens is 2. The van der Waals surface area contributed by atoms with Gasteiger partial charge in [0.1, 0.15) is 11.6 Å². The van der Waals surface area contributed by atoms with Crippen LogP contribution in [-0.4, -0.2) is 52.0 Å². The van der Waals surface area contributed by atoms with E-state index in [0.29, 0.717) is 32.8 Å². The predicted octanol–water partition coefficient (Wildman–Crippen LogP) is 1.31. The maximum absolute atomic E-state index is 12.5. The second-order valence-electron chi connectivity index (χ2n) is 6.96. The normalized spacial score (nSPS) is 17.0. The van der Waals surface area contributed by atoms with Crippen LogP contribution in [0.1, 0.15) is 31.7 Å².